The second-order valence-electron chi connectivity index (χ2n) is 6.45. The van der Waals surface area contributed by atoms with E-state index in [9.17, 15) is 0 Å². The number of rotatable bonds is 5. The van der Waals surface area contributed by atoms with Gasteiger partial charge in [-0.1, -0.05) is 24.3 Å². The van der Waals surface area contributed by atoms with E-state index in [1.165, 1.54) is 24.0 Å². The first-order chi connectivity index (χ1) is 12.8. The van der Waals surface area contributed by atoms with Crippen LogP contribution < -0.4 is 9.47 Å². The summed E-state index contributed by atoms with van der Waals surface area (Å²) in [6, 6.07) is 16.0. The van der Waals surface area contributed by atoms with Crippen molar-refractivity contribution < 1.29 is 9.47 Å². The fourth-order valence-electron chi connectivity index (χ4n) is 3.49. The van der Waals surface area contributed by atoms with Gasteiger partial charge in [-0.2, -0.15) is 0 Å². The maximum absolute atomic E-state index is 5.98. The number of para-hydroxylation sites is 1. The van der Waals surface area contributed by atoms with E-state index in [2.05, 4.69) is 11.1 Å². The Kier molecular flexibility index (Phi) is 4.82. The zero-order chi connectivity index (χ0) is 17.8. The molecule has 1 aliphatic rings. The maximum Gasteiger partial charge on any atom is 0.214 e. The first-order valence-corrected chi connectivity index (χ1v) is 9.04. The molecule has 0 bridgehead atoms. The van der Waals surface area contributed by atoms with Crippen LogP contribution in [0.15, 0.2) is 54.7 Å². The number of nitrogens with zero attached hydrogens (tertiary/aromatic N) is 2. The minimum Gasteiger partial charge on any atom is -0.496 e. The minimum absolute atomic E-state index is 0.415. The van der Waals surface area contributed by atoms with Gasteiger partial charge in [0.25, 0.3) is 0 Å². The van der Waals surface area contributed by atoms with Crippen LogP contribution in [0.25, 0.3) is 11.1 Å². The summed E-state index contributed by atoms with van der Waals surface area (Å²) >= 11 is 0. The number of methoxy groups -OCH3 is 1. The Morgan fingerprint density at radius 1 is 0.962 bits per heavy atom. The van der Waals surface area contributed by atoms with Gasteiger partial charge in [0, 0.05) is 23.5 Å². The summed E-state index contributed by atoms with van der Waals surface area (Å²) in [7, 11) is 1.71. The average Bonchev–Trinajstić information content (AvgIpc) is 2.72. The highest BCUT2D eigenvalue weighted by Crippen LogP contribution is 2.37. The molecule has 4 heteroatoms. The van der Waals surface area contributed by atoms with E-state index in [-0.39, 0.29) is 0 Å². The zero-order valence-corrected chi connectivity index (χ0v) is 14.9. The highest BCUT2D eigenvalue weighted by Gasteiger charge is 2.20. The van der Waals surface area contributed by atoms with Crippen molar-refractivity contribution in [2.75, 3.05) is 7.11 Å². The Hall–Kier alpha value is -2.88. The fraction of sp³-hybridized carbons (Fsp3) is 0.273. The average molecular weight is 346 g/mol. The van der Waals surface area contributed by atoms with Crippen molar-refractivity contribution in [3.05, 3.63) is 71.7 Å². The third-order valence-electron chi connectivity index (χ3n) is 4.77. The molecule has 26 heavy (non-hydrogen) atoms. The first-order valence-electron chi connectivity index (χ1n) is 9.04. The lowest BCUT2D eigenvalue weighted by atomic mass is 9.89. The third kappa shape index (κ3) is 3.40. The lowest BCUT2D eigenvalue weighted by Gasteiger charge is -2.21. The fourth-order valence-corrected chi connectivity index (χ4v) is 3.49. The van der Waals surface area contributed by atoms with E-state index in [4.69, 9.17) is 14.5 Å². The third-order valence-corrected chi connectivity index (χ3v) is 4.77. The van der Waals surface area contributed by atoms with Crippen LogP contribution in [0.2, 0.25) is 0 Å². The Morgan fingerprint density at radius 3 is 2.65 bits per heavy atom. The highest BCUT2D eigenvalue weighted by molar-refractivity contribution is 5.75. The van der Waals surface area contributed by atoms with Gasteiger partial charge in [-0.3, -0.25) is 4.98 Å². The molecule has 0 atom stereocenters. The standard InChI is InChI=1S/C22H22N2O2/c1-25-21-12-5-3-10-18(21)19-14-22(24-20-11-4-2-9-17(19)20)26-15-16-8-6-7-13-23-16/h3,5-8,10,12-14H,2,4,9,11,15H2,1H3. The molecule has 0 aliphatic heterocycles. The molecule has 4 rings (SSSR count). The number of aromatic nitrogens is 2. The first kappa shape index (κ1) is 16.6. The van der Waals surface area contributed by atoms with Crippen molar-refractivity contribution in [3.63, 3.8) is 0 Å². The quantitative estimate of drug-likeness (QED) is 0.677. The number of aryl methyl sites for hydroxylation is 1. The number of pyridine rings is 2. The van der Waals surface area contributed by atoms with Crippen LogP contribution in [0, 0.1) is 0 Å². The molecule has 0 radical (unpaired) electrons. The van der Waals surface area contributed by atoms with E-state index in [1.54, 1.807) is 13.3 Å². The van der Waals surface area contributed by atoms with Crippen LogP contribution in [-0.2, 0) is 19.4 Å². The van der Waals surface area contributed by atoms with Crippen molar-refractivity contribution in [3.8, 4) is 22.8 Å². The maximum atomic E-state index is 5.98. The molecule has 0 saturated carbocycles. The number of fused-ring (bicyclic) bond motifs is 1. The van der Waals surface area contributed by atoms with E-state index < -0.39 is 0 Å². The molecule has 2 heterocycles. The van der Waals surface area contributed by atoms with Crippen molar-refractivity contribution in [1.29, 1.82) is 0 Å². The van der Waals surface area contributed by atoms with Crippen LogP contribution in [0.4, 0.5) is 0 Å². The summed E-state index contributed by atoms with van der Waals surface area (Å²) in [5.74, 6) is 1.53. The van der Waals surface area contributed by atoms with Crippen LogP contribution >= 0.6 is 0 Å². The summed E-state index contributed by atoms with van der Waals surface area (Å²) in [5.41, 5.74) is 5.63. The summed E-state index contributed by atoms with van der Waals surface area (Å²) in [5, 5.41) is 0. The van der Waals surface area contributed by atoms with Gasteiger partial charge in [0.1, 0.15) is 12.4 Å². The topological polar surface area (TPSA) is 44.2 Å². The van der Waals surface area contributed by atoms with Crippen LogP contribution in [0.1, 0.15) is 29.8 Å². The van der Waals surface area contributed by atoms with Gasteiger partial charge in [0.05, 0.1) is 12.8 Å². The molecule has 0 spiro atoms. The van der Waals surface area contributed by atoms with Gasteiger partial charge in [-0.25, -0.2) is 4.98 Å². The second-order valence-corrected chi connectivity index (χ2v) is 6.45. The predicted molar refractivity (Wildman–Crippen MR) is 101 cm³/mol. The largest absolute Gasteiger partial charge is 0.496 e. The van der Waals surface area contributed by atoms with Gasteiger partial charge in [0.15, 0.2) is 0 Å². The Bertz CT molecular complexity index is 894. The Morgan fingerprint density at radius 2 is 1.81 bits per heavy atom. The SMILES string of the molecule is COc1ccccc1-c1cc(OCc2ccccn2)nc2c1CCCC2. The van der Waals surface area contributed by atoms with Gasteiger partial charge in [-0.05, 0) is 55.0 Å². The molecule has 1 aromatic carbocycles. The smallest absolute Gasteiger partial charge is 0.214 e. The molecule has 0 saturated heterocycles. The van der Waals surface area contributed by atoms with E-state index in [1.807, 2.05) is 42.5 Å². The molecular weight excluding hydrogens is 324 g/mol. The lowest BCUT2D eigenvalue weighted by molar-refractivity contribution is 0.288. The molecule has 1 aliphatic carbocycles. The van der Waals surface area contributed by atoms with E-state index in [0.717, 1.165) is 35.5 Å². The van der Waals surface area contributed by atoms with Crippen molar-refractivity contribution >= 4 is 0 Å². The molecule has 0 unspecified atom stereocenters. The summed E-state index contributed by atoms with van der Waals surface area (Å²) in [6.07, 6.45) is 6.20. The summed E-state index contributed by atoms with van der Waals surface area (Å²) in [6.45, 7) is 0.415. The number of hydrogen-bond donors (Lipinski definition) is 0. The molecule has 0 N–H and O–H groups in total. The number of ether oxygens (including phenoxy) is 2. The van der Waals surface area contributed by atoms with Crippen molar-refractivity contribution in [2.45, 2.75) is 32.3 Å². The van der Waals surface area contributed by atoms with Crippen LogP contribution in [0.3, 0.4) is 0 Å². The zero-order valence-electron chi connectivity index (χ0n) is 14.9. The Labute approximate surface area is 153 Å². The van der Waals surface area contributed by atoms with Gasteiger partial charge in [0.2, 0.25) is 5.88 Å². The lowest BCUT2D eigenvalue weighted by Crippen LogP contribution is -2.09. The van der Waals surface area contributed by atoms with Gasteiger partial charge < -0.3 is 9.47 Å². The van der Waals surface area contributed by atoms with Crippen molar-refractivity contribution in [1.82, 2.24) is 9.97 Å². The molecule has 3 aromatic rings. The second kappa shape index (κ2) is 7.56. The molecule has 0 amide bonds. The molecule has 132 valence electrons. The number of hydrogen-bond acceptors (Lipinski definition) is 4. The highest BCUT2D eigenvalue weighted by atomic mass is 16.5. The number of benzene rings is 1. The van der Waals surface area contributed by atoms with E-state index in [0.29, 0.717) is 12.5 Å². The molecule has 4 nitrogen and oxygen atoms in total. The van der Waals surface area contributed by atoms with Crippen LogP contribution in [0.5, 0.6) is 11.6 Å². The summed E-state index contributed by atoms with van der Waals surface area (Å²) in [4.78, 5) is 9.10. The predicted octanol–water partition coefficient (Wildman–Crippen LogP) is 4.61. The monoisotopic (exact) mass is 346 g/mol. The molecular formula is C22H22N2O2. The van der Waals surface area contributed by atoms with Crippen molar-refractivity contribution in [2.24, 2.45) is 0 Å². The summed E-state index contributed by atoms with van der Waals surface area (Å²) < 4.78 is 11.6. The van der Waals surface area contributed by atoms with Gasteiger partial charge >= 0.3 is 0 Å². The van der Waals surface area contributed by atoms with E-state index >= 15 is 0 Å². The molecule has 2 aromatic heterocycles. The normalized spacial score (nSPS) is 13.1. The van der Waals surface area contributed by atoms with Gasteiger partial charge in [-0.15, -0.1) is 0 Å². The Balaban J connectivity index is 1.72. The molecule has 0 fully saturated rings. The van der Waals surface area contributed by atoms with Crippen LogP contribution in [-0.4, -0.2) is 17.1 Å². The minimum atomic E-state index is 0.415.